The number of aryl methyl sites for hydroxylation is 4. The molecular weight excluding hydrogens is 813 g/mol. The summed E-state index contributed by atoms with van der Waals surface area (Å²) in [5.41, 5.74) is 7.48. The van der Waals surface area contributed by atoms with Gasteiger partial charge in [0.25, 0.3) is 11.8 Å². The first-order valence-corrected chi connectivity index (χ1v) is 24.3. The van der Waals surface area contributed by atoms with Crippen LogP contribution in [0.25, 0.3) is 0 Å². The molecule has 2 amide bonds. The number of amides is 2. The van der Waals surface area contributed by atoms with Crippen LogP contribution in [-0.2, 0) is 40.3 Å². The third-order valence-electron chi connectivity index (χ3n) is 14.7. The standard InChI is InChI=1S/C54H72N6O5/c1-39-31-45(32-40(2)51(39)61)35-49(53(63)59-27-23-57(24-28-59)47-15-19-55(20-16-47)37-43-11-7-5-8-12-43)65-50(36-46-33-41(3)52(62)42(4)34-46)54(64)60-29-25-58(26-30-60)48-17-21-56(22-18-48)38-44-13-9-6-10-14-44/h5-14,31-34,47-50,61-62H,15-30,35-38H2,1-4H3/t49-,50-/m0/s1. The van der Waals surface area contributed by atoms with E-state index < -0.39 is 12.2 Å². The van der Waals surface area contributed by atoms with Crippen LogP contribution in [0.15, 0.2) is 84.9 Å². The number of benzene rings is 4. The summed E-state index contributed by atoms with van der Waals surface area (Å²) in [6.45, 7) is 19.4. The fourth-order valence-electron chi connectivity index (χ4n) is 10.9. The fraction of sp³-hybridized carbons (Fsp3) is 0.519. The van der Waals surface area contributed by atoms with E-state index in [2.05, 4.69) is 80.3 Å². The summed E-state index contributed by atoms with van der Waals surface area (Å²) in [5.74, 6) is 0.320. The molecule has 0 aromatic heterocycles. The number of hydrogen-bond acceptors (Lipinski definition) is 9. The van der Waals surface area contributed by atoms with Crippen molar-refractivity contribution in [1.29, 1.82) is 0 Å². The smallest absolute Gasteiger partial charge is 0.252 e. The van der Waals surface area contributed by atoms with E-state index >= 15 is 0 Å². The zero-order chi connectivity index (χ0) is 45.5. The largest absolute Gasteiger partial charge is 0.507 e. The molecule has 0 spiro atoms. The van der Waals surface area contributed by atoms with Crippen LogP contribution in [0.4, 0.5) is 0 Å². The van der Waals surface area contributed by atoms with Gasteiger partial charge in [0, 0.05) is 90.4 Å². The van der Waals surface area contributed by atoms with Crippen LogP contribution < -0.4 is 0 Å². The number of carbonyl (C=O) groups is 2. The third-order valence-corrected chi connectivity index (χ3v) is 14.7. The maximum Gasteiger partial charge on any atom is 0.252 e. The molecule has 0 unspecified atom stereocenters. The minimum atomic E-state index is -0.901. The molecule has 0 aliphatic carbocycles. The lowest BCUT2D eigenvalue weighted by Gasteiger charge is -2.44. The van der Waals surface area contributed by atoms with Gasteiger partial charge in [-0.2, -0.15) is 0 Å². The number of phenolic OH excluding ortho intramolecular Hbond substituents is 2. The van der Waals surface area contributed by atoms with Crippen molar-refractivity contribution in [3.8, 4) is 11.5 Å². The molecule has 0 radical (unpaired) electrons. The van der Waals surface area contributed by atoms with Gasteiger partial charge >= 0.3 is 0 Å². The van der Waals surface area contributed by atoms with E-state index in [1.807, 2.05) is 61.8 Å². The Kier molecular flexibility index (Phi) is 15.6. The predicted molar refractivity (Wildman–Crippen MR) is 257 cm³/mol. The molecule has 0 saturated carbocycles. The Bertz CT molecular complexity index is 1990. The molecule has 11 nitrogen and oxygen atoms in total. The summed E-state index contributed by atoms with van der Waals surface area (Å²) >= 11 is 0. The van der Waals surface area contributed by atoms with Crippen LogP contribution in [0, 0.1) is 27.7 Å². The molecule has 65 heavy (non-hydrogen) atoms. The number of piperazine rings is 2. The van der Waals surface area contributed by atoms with E-state index in [-0.39, 0.29) is 36.2 Å². The van der Waals surface area contributed by atoms with Gasteiger partial charge < -0.3 is 24.7 Å². The second kappa shape index (κ2) is 21.7. The number of rotatable bonds is 14. The average Bonchev–Trinajstić information content (AvgIpc) is 3.33. The van der Waals surface area contributed by atoms with E-state index in [1.54, 1.807) is 0 Å². The topological polar surface area (TPSA) is 103 Å². The van der Waals surface area contributed by atoms with Crippen LogP contribution in [0.3, 0.4) is 0 Å². The molecule has 2 atom stereocenters. The van der Waals surface area contributed by atoms with Crippen LogP contribution in [0.5, 0.6) is 11.5 Å². The SMILES string of the molecule is Cc1cc(C[C@H](O[C@@H](Cc2cc(C)c(O)c(C)c2)C(=O)N2CCN(C3CCN(Cc4ccccc4)CC3)CC2)C(=O)N2CCN(C3CCN(Cc4ccccc4)CC3)CC2)cc(C)c1O. The zero-order valence-electron chi connectivity index (χ0n) is 39.3. The van der Waals surface area contributed by atoms with Crippen molar-refractivity contribution in [1.82, 2.24) is 29.4 Å². The number of likely N-dealkylation sites (tertiary alicyclic amines) is 2. The predicted octanol–water partition coefficient (Wildman–Crippen LogP) is 6.49. The maximum absolute atomic E-state index is 14.9. The lowest BCUT2D eigenvalue weighted by Crippen LogP contribution is -2.58. The monoisotopic (exact) mass is 885 g/mol. The molecule has 0 bridgehead atoms. The zero-order valence-corrected chi connectivity index (χ0v) is 39.3. The number of ether oxygens (including phenoxy) is 1. The summed E-state index contributed by atoms with van der Waals surface area (Å²) in [7, 11) is 0. The van der Waals surface area contributed by atoms with E-state index in [9.17, 15) is 19.8 Å². The van der Waals surface area contributed by atoms with Crippen molar-refractivity contribution in [2.75, 3.05) is 78.5 Å². The Morgan fingerprint density at radius 1 is 0.492 bits per heavy atom. The lowest BCUT2D eigenvalue weighted by molar-refractivity contribution is -0.160. The minimum Gasteiger partial charge on any atom is -0.507 e. The summed E-state index contributed by atoms with van der Waals surface area (Å²) in [5, 5.41) is 21.3. The Hall–Kier alpha value is -4.78. The number of hydrogen-bond donors (Lipinski definition) is 2. The van der Waals surface area contributed by atoms with Gasteiger partial charge in [-0.25, -0.2) is 0 Å². The highest BCUT2D eigenvalue weighted by atomic mass is 16.5. The summed E-state index contributed by atoms with van der Waals surface area (Å²) in [6, 6.07) is 30.1. The average molecular weight is 885 g/mol. The lowest BCUT2D eigenvalue weighted by atomic mass is 9.98. The summed E-state index contributed by atoms with van der Waals surface area (Å²) < 4.78 is 6.97. The molecule has 4 saturated heterocycles. The quantitative estimate of drug-likeness (QED) is 0.147. The van der Waals surface area contributed by atoms with Crippen molar-refractivity contribution in [2.24, 2.45) is 0 Å². The first-order valence-electron chi connectivity index (χ1n) is 24.3. The Morgan fingerprint density at radius 2 is 0.815 bits per heavy atom. The van der Waals surface area contributed by atoms with Crippen LogP contribution >= 0.6 is 0 Å². The highest BCUT2D eigenvalue weighted by Crippen LogP contribution is 2.29. The molecule has 4 aromatic carbocycles. The number of phenols is 2. The Morgan fingerprint density at radius 3 is 1.14 bits per heavy atom. The Balaban J connectivity index is 0.944. The van der Waals surface area contributed by atoms with Gasteiger partial charge in [-0.1, -0.05) is 84.9 Å². The highest BCUT2D eigenvalue weighted by molar-refractivity contribution is 5.84. The van der Waals surface area contributed by atoms with Crippen molar-refractivity contribution in [3.05, 3.63) is 129 Å². The second-order valence-electron chi connectivity index (χ2n) is 19.4. The summed E-state index contributed by atoms with van der Waals surface area (Å²) in [4.78, 5) is 43.9. The van der Waals surface area contributed by atoms with Crippen molar-refractivity contribution >= 4 is 11.8 Å². The van der Waals surface area contributed by atoms with Crippen LogP contribution in [-0.4, -0.2) is 154 Å². The van der Waals surface area contributed by atoms with Crippen molar-refractivity contribution in [3.63, 3.8) is 0 Å². The van der Waals surface area contributed by atoms with Gasteiger partial charge in [-0.05, 0) is 124 Å². The van der Waals surface area contributed by atoms with Gasteiger partial charge in [-0.3, -0.25) is 29.2 Å². The van der Waals surface area contributed by atoms with Gasteiger partial charge in [0.15, 0.2) is 0 Å². The number of nitrogens with zero attached hydrogens (tertiary/aromatic N) is 6. The molecule has 348 valence electrons. The first kappa shape index (κ1) is 46.7. The van der Waals surface area contributed by atoms with Gasteiger partial charge in [-0.15, -0.1) is 0 Å². The molecule has 4 fully saturated rings. The molecule has 4 aliphatic rings. The molecule has 4 heterocycles. The fourth-order valence-corrected chi connectivity index (χ4v) is 10.9. The molecule has 4 aliphatic heterocycles. The second-order valence-corrected chi connectivity index (χ2v) is 19.4. The molecular formula is C54H72N6O5. The van der Waals surface area contributed by atoms with Crippen LogP contribution in [0.2, 0.25) is 0 Å². The van der Waals surface area contributed by atoms with E-state index in [0.29, 0.717) is 38.3 Å². The van der Waals surface area contributed by atoms with Crippen LogP contribution in [0.1, 0.15) is 70.2 Å². The van der Waals surface area contributed by atoms with Gasteiger partial charge in [0.05, 0.1) is 0 Å². The van der Waals surface area contributed by atoms with E-state index in [0.717, 1.165) is 125 Å². The van der Waals surface area contributed by atoms with E-state index in [1.165, 1.54) is 11.1 Å². The first-order chi connectivity index (χ1) is 31.5. The Labute approximate surface area is 387 Å². The van der Waals surface area contributed by atoms with E-state index in [4.69, 9.17) is 4.74 Å². The number of aromatic hydroxyl groups is 2. The van der Waals surface area contributed by atoms with Crippen molar-refractivity contribution < 1.29 is 24.5 Å². The number of piperidine rings is 2. The van der Waals surface area contributed by atoms with Gasteiger partial charge in [0.1, 0.15) is 23.7 Å². The van der Waals surface area contributed by atoms with Gasteiger partial charge in [0.2, 0.25) is 0 Å². The maximum atomic E-state index is 14.9. The molecule has 2 N–H and O–H groups in total. The summed E-state index contributed by atoms with van der Waals surface area (Å²) in [6.07, 6.45) is 3.25. The minimum absolute atomic E-state index is 0.0926. The number of carbonyl (C=O) groups excluding carboxylic acids is 2. The molecule has 11 heteroatoms. The highest BCUT2D eigenvalue weighted by Gasteiger charge is 2.38. The normalized spacial score (nSPS) is 19.9. The molecule has 8 rings (SSSR count). The van der Waals surface area contributed by atoms with Crippen molar-refractivity contribution in [2.45, 2.75) is 104 Å². The molecule has 4 aromatic rings. The third kappa shape index (κ3) is 12.0.